The first kappa shape index (κ1) is 16.0. The Morgan fingerprint density at radius 1 is 1.05 bits per heavy atom. The molecule has 2 rings (SSSR count). The maximum Gasteiger partial charge on any atom is 0.417 e. The van der Waals surface area contributed by atoms with E-state index < -0.39 is 29.9 Å². The third kappa shape index (κ3) is 3.85. The average molecular weight is 310 g/mol. The quantitative estimate of drug-likeness (QED) is 0.878. The summed E-state index contributed by atoms with van der Waals surface area (Å²) in [6, 6.07) is 11.5. The lowest BCUT2D eigenvalue weighted by Gasteiger charge is -2.13. The summed E-state index contributed by atoms with van der Waals surface area (Å²) in [6.07, 6.45) is -4.67. The summed E-state index contributed by atoms with van der Waals surface area (Å²) in [5.41, 5.74) is -0.805. The minimum atomic E-state index is -4.67. The molecule has 0 spiro atoms. The fraction of sp³-hybridized carbons (Fsp3) is 0.188. The van der Waals surface area contributed by atoms with Gasteiger partial charge in [0.05, 0.1) is 17.7 Å². The molecular weight excluding hydrogens is 297 g/mol. The molecule has 2 aromatic rings. The second-order valence-corrected chi connectivity index (χ2v) is 4.60. The van der Waals surface area contributed by atoms with Gasteiger partial charge in [0.2, 0.25) is 0 Å². The van der Waals surface area contributed by atoms with Gasteiger partial charge in [-0.2, -0.15) is 13.2 Å². The maximum atomic E-state index is 12.9. The molecule has 6 heteroatoms. The lowest BCUT2D eigenvalue weighted by molar-refractivity contribution is -0.138. The fourth-order valence-electron chi connectivity index (χ4n) is 1.91. The minimum absolute atomic E-state index is 0.125. The van der Waals surface area contributed by atoms with Crippen LogP contribution in [0.1, 0.15) is 27.0 Å². The second-order valence-electron chi connectivity index (χ2n) is 4.60. The summed E-state index contributed by atoms with van der Waals surface area (Å²) >= 11 is 0. The van der Waals surface area contributed by atoms with Crippen molar-refractivity contribution in [2.75, 3.05) is 0 Å². The van der Waals surface area contributed by atoms with Gasteiger partial charge in [-0.3, -0.25) is 0 Å². The molecule has 0 atom stereocenters. The van der Waals surface area contributed by atoms with Gasteiger partial charge in [-0.05, 0) is 23.3 Å². The van der Waals surface area contributed by atoms with Crippen molar-refractivity contribution < 1.29 is 27.8 Å². The van der Waals surface area contributed by atoms with E-state index in [1.54, 1.807) is 30.3 Å². The number of carbonyl (C=O) groups is 1. The first-order valence-electron chi connectivity index (χ1n) is 6.44. The molecule has 0 radical (unpaired) electrons. The van der Waals surface area contributed by atoms with Crippen LogP contribution in [0, 0.1) is 0 Å². The average Bonchev–Trinajstić information content (AvgIpc) is 2.52. The largest absolute Gasteiger partial charge is 0.457 e. The van der Waals surface area contributed by atoms with Gasteiger partial charge >= 0.3 is 12.1 Å². The number of hydrogen-bond acceptors (Lipinski definition) is 3. The Morgan fingerprint density at radius 2 is 1.73 bits per heavy atom. The Balaban J connectivity index is 2.24. The van der Waals surface area contributed by atoms with Gasteiger partial charge in [0.1, 0.15) is 6.61 Å². The number of carbonyl (C=O) groups excluding carboxylic acids is 1. The summed E-state index contributed by atoms with van der Waals surface area (Å²) in [6.45, 7) is -0.586. The molecule has 0 bridgehead atoms. The van der Waals surface area contributed by atoms with E-state index in [9.17, 15) is 18.0 Å². The molecule has 0 amide bonds. The van der Waals surface area contributed by atoms with Crippen LogP contribution in [0.4, 0.5) is 13.2 Å². The third-order valence-corrected chi connectivity index (χ3v) is 3.00. The van der Waals surface area contributed by atoms with E-state index >= 15 is 0 Å². The van der Waals surface area contributed by atoms with Crippen LogP contribution in [-0.2, 0) is 24.1 Å². The van der Waals surface area contributed by atoms with E-state index in [4.69, 9.17) is 9.84 Å². The number of alkyl halides is 3. The standard InChI is InChI=1S/C16H13F3O3/c17-16(18,19)14-7-6-12(9-20)8-13(14)15(21)22-10-11-4-2-1-3-5-11/h1-8,20H,9-10H2. The van der Waals surface area contributed by atoms with Gasteiger partial charge in [0, 0.05) is 0 Å². The molecule has 0 aliphatic carbocycles. The summed E-state index contributed by atoms with van der Waals surface area (Å²) in [5.74, 6) is -1.08. The highest BCUT2D eigenvalue weighted by molar-refractivity contribution is 5.91. The summed E-state index contributed by atoms with van der Waals surface area (Å²) in [7, 11) is 0. The van der Waals surface area contributed by atoms with Gasteiger partial charge in [-0.15, -0.1) is 0 Å². The summed E-state index contributed by atoms with van der Waals surface area (Å²) < 4.78 is 43.7. The molecule has 0 unspecified atom stereocenters. The number of ether oxygens (including phenoxy) is 1. The summed E-state index contributed by atoms with van der Waals surface area (Å²) in [4.78, 5) is 11.9. The van der Waals surface area contributed by atoms with Crippen molar-refractivity contribution in [3.8, 4) is 0 Å². The number of halogens is 3. The Hall–Kier alpha value is -2.34. The van der Waals surface area contributed by atoms with Gasteiger partial charge in [-0.25, -0.2) is 4.79 Å². The van der Waals surface area contributed by atoms with E-state index in [1.807, 2.05) is 0 Å². The van der Waals surface area contributed by atoms with Crippen LogP contribution in [-0.4, -0.2) is 11.1 Å². The highest BCUT2D eigenvalue weighted by Gasteiger charge is 2.35. The van der Waals surface area contributed by atoms with Crippen LogP contribution in [0.3, 0.4) is 0 Å². The third-order valence-electron chi connectivity index (χ3n) is 3.00. The summed E-state index contributed by atoms with van der Waals surface area (Å²) in [5, 5.41) is 9.01. The molecule has 0 fully saturated rings. The first-order chi connectivity index (χ1) is 10.4. The van der Waals surface area contributed by atoms with Crippen LogP contribution >= 0.6 is 0 Å². The van der Waals surface area contributed by atoms with E-state index in [2.05, 4.69) is 0 Å². The van der Waals surface area contributed by atoms with E-state index in [0.29, 0.717) is 5.56 Å². The molecule has 0 aliphatic heterocycles. The molecule has 0 heterocycles. The highest BCUT2D eigenvalue weighted by atomic mass is 19.4. The van der Waals surface area contributed by atoms with Gasteiger partial charge < -0.3 is 9.84 Å². The van der Waals surface area contributed by atoms with Crippen molar-refractivity contribution in [1.29, 1.82) is 0 Å². The van der Waals surface area contributed by atoms with Crippen LogP contribution in [0.2, 0.25) is 0 Å². The molecule has 0 saturated heterocycles. The van der Waals surface area contributed by atoms with Gasteiger partial charge in [0.25, 0.3) is 0 Å². The van der Waals surface area contributed by atoms with E-state index in [0.717, 1.165) is 18.2 Å². The van der Waals surface area contributed by atoms with E-state index in [-0.39, 0.29) is 12.2 Å². The Kier molecular flexibility index (Phi) is 4.82. The number of aliphatic hydroxyl groups excluding tert-OH is 1. The minimum Gasteiger partial charge on any atom is -0.457 e. The van der Waals surface area contributed by atoms with Gasteiger partial charge in [-0.1, -0.05) is 36.4 Å². The van der Waals surface area contributed by atoms with Crippen LogP contribution in [0.25, 0.3) is 0 Å². The van der Waals surface area contributed by atoms with Crippen molar-refractivity contribution in [2.45, 2.75) is 19.4 Å². The van der Waals surface area contributed by atoms with Crippen molar-refractivity contribution in [3.63, 3.8) is 0 Å². The smallest absolute Gasteiger partial charge is 0.417 e. The molecule has 116 valence electrons. The Labute approximate surface area is 125 Å². The molecule has 0 saturated carbocycles. The zero-order valence-corrected chi connectivity index (χ0v) is 11.4. The van der Waals surface area contributed by atoms with Crippen molar-refractivity contribution >= 4 is 5.97 Å². The van der Waals surface area contributed by atoms with E-state index in [1.165, 1.54) is 0 Å². The lowest BCUT2D eigenvalue weighted by atomic mass is 10.0. The predicted octanol–water partition coefficient (Wildman–Crippen LogP) is 3.55. The number of aliphatic hydroxyl groups is 1. The van der Waals surface area contributed by atoms with Crippen molar-refractivity contribution in [3.05, 3.63) is 70.8 Å². The number of esters is 1. The molecule has 0 aromatic heterocycles. The van der Waals surface area contributed by atoms with Crippen LogP contribution < -0.4 is 0 Å². The molecule has 3 nitrogen and oxygen atoms in total. The maximum absolute atomic E-state index is 12.9. The molecule has 1 N–H and O–H groups in total. The van der Waals surface area contributed by atoms with Crippen LogP contribution in [0.5, 0.6) is 0 Å². The zero-order chi connectivity index (χ0) is 16.2. The molecular formula is C16H13F3O3. The van der Waals surface area contributed by atoms with Crippen LogP contribution in [0.15, 0.2) is 48.5 Å². The molecule has 0 aliphatic rings. The number of rotatable bonds is 4. The zero-order valence-electron chi connectivity index (χ0n) is 11.4. The predicted molar refractivity (Wildman–Crippen MR) is 72.9 cm³/mol. The molecule has 22 heavy (non-hydrogen) atoms. The Morgan fingerprint density at radius 3 is 2.32 bits per heavy atom. The topological polar surface area (TPSA) is 46.5 Å². The fourth-order valence-corrected chi connectivity index (χ4v) is 1.91. The number of benzene rings is 2. The monoisotopic (exact) mass is 310 g/mol. The highest BCUT2D eigenvalue weighted by Crippen LogP contribution is 2.33. The second kappa shape index (κ2) is 6.62. The number of hydrogen-bond donors (Lipinski definition) is 1. The Bertz CT molecular complexity index is 651. The van der Waals surface area contributed by atoms with Gasteiger partial charge in [0.15, 0.2) is 0 Å². The normalized spacial score (nSPS) is 11.3. The van der Waals surface area contributed by atoms with Crippen molar-refractivity contribution in [1.82, 2.24) is 0 Å². The first-order valence-corrected chi connectivity index (χ1v) is 6.44. The van der Waals surface area contributed by atoms with Crippen molar-refractivity contribution in [2.24, 2.45) is 0 Å². The molecule has 2 aromatic carbocycles. The SMILES string of the molecule is O=C(OCc1ccccc1)c1cc(CO)ccc1C(F)(F)F. The lowest BCUT2D eigenvalue weighted by Crippen LogP contribution is -2.15.